The van der Waals surface area contributed by atoms with Gasteiger partial charge in [-0.2, -0.15) is 0 Å². The third kappa shape index (κ3) is 1.69. The van der Waals surface area contributed by atoms with Crippen LogP contribution in [-0.2, 0) is 0 Å². The van der Waals surface area contributed by atoms with Gasteiger partial charge >= 0.3 is 0 Å². The number of aliphatic hydroxyl groups is 1. The number of likely N-dealkylation sites (tertiary alicyclic amines) is 1. The molecule has 3 heteroatoms. The number of aliphatic hydroxyl groups excluding tert-OH is 1. The van der Waals surface area contributed by atoms with Crippen LogP contribution >= 0.6 is 0 Å². The van der Waals surface area contributed by atoms with E-state index in [0.717, 1.165) is 19.0 Å². The molecule has 2 rings (SSSR count). The maximum atomic E-state index is 9.84. The van der Waals surface area contributed by atoms with Crippen LogP contribution in [0.3, 0.4) is 0 Å². The van der Waals surface area contributed by atoms with Gasteiger partial charge in [-0.15, -0.1) is 0 Å². The zero-order valence-electron chi connectivity index (χ0n) is 9.24. The molecule has 2 fully saturated rings. The van der Waals surface area contributed by atoms with Crippen molar-refractivity contribution in [2.24, 2.45) is 5.92 Å². The first-order valence-corrected chi connectivity index (χ1v) is 5.88. The number of nitrogens with zero attached hydrogens (tertiary/aromatic N) is 1. The van der Waals surface area contributed by atoms with Gasteiger partial charge in [-0.25, -0.2) is 0 Å². The topological polar surface area (TPSA) is 35.5 Å². The molecule has 0 aliphatic carbocycles. The van der Waals surface area contributed by atoms with Gasteiger partial charge in [0.15, 0.2) is 0 Å². The summed E-state index contributed by atoms with van der Waals surface area (Å²) in [6.07, 6.45) is 2.35. The lowest BCUT2D eigenvalue weighted by Crippen LogP contribution is -2.46. The van der Waals surface area contributed by atoms with Gasteiger partial charge in [-0.3, -0.25) is 4.90 Å². The Balaban J connectivity index is 2.02. The molecule has 82 valence electrons. The summed E-state index contributed by atoms with van der Waals surface area (Å²) in [7, 11) is 0. The van der Waals surface area contributed by atoms with E-state index in [1.54, 1.807) is 0 Å². The average Bonchev–Trinajstić information content (AvgIpc) is 2.71. The van der Waals surface area contributed by atoms with Crippen molar-refractivity contribution >= 4 is 0 Å². The number of β-amino-alcohol motifs (C(OH)–C–C–N with tert-alkyl or cyclic N) is 1. The number of nitrogens with one attached hydrogen (secondary N) is 1. The normalized spacial score (nSPS) is 44.8. The van der Waals surface area contributed by atoms with Gasteiger partial charge in [-0.1, -0.05) is 13.8 Å². The first kappa shape index (κ1) is 10.4. The lowest BCUT2D eigenvalue weighted by Gasteiger charge is -2.32. The minimum absolute atomic E-state index is 0.158. The minimum Gasteiger partial charge on any atom is -0.390 e. The van der Waals surface area contributed by atoms with E-state index < -0.39 is 0 Å². The van der Waals surface area contributed by atoms with E-state index in [0.29, 0.717) is 12.1 Å². The van der Waals surface area contributed by atoms with Gasteiger partial charge in [0.25, 0.3) is 0 Å². The molecule has 0 aromatic heterocycles. The van der Waals surface area contributed by atoms with E-state index in [1.807, 2.05) is 0 Å². The van der Waals surface area contributed by atoms with E-state index in [9.17, 15) is 5.11 Å². The highest BCUT2D eigenvalue weighted by molar-refractivity contribution is 4.95. The maximum Gasteiger partial charge on any atom is 0.0831 e. The zero-order valence-corrected chi connectivity index (χ0v) is 9.24. The molecular formula is C11H22N2O. The highest BCUT2D eigenvalue weighted by Gasteiger charge is 2.39. The van der Waals surface area contributed by atoms with Crippen LogP contribution in [0.4, 0.5) is 0 Å². The van der Waals surface area contributed by atoms with E-state index in [1.165, 1.54) is 19.4 Å². The van der Waals surface area contributed by atoms with Crippen molar-refractivity contribution in [2.75, 3.05) is 19.6 Å². The van der Waals surface area contributed by atoms with Crippen LogP contribution < -0.4 is 5.32 Å². The van der Waals surface area contributed by atoms with Crippen LogP contribution in [0.15, 0.2) is 0 Å². The van der Waals surface area contributed by atoms with E-state index in [2.05, 4.69) is 24.1 Å². The molecule has 0 aromatic carbocycles. The molecule has 0 bridgehead atoms. The Bertz CT molecular complexity index is 198. The Hall–Kier alpha value is -0.120. The van der Waals surface area contributed by atoms with Crippen LogP contribution in [0.5, 0.6) is 0 Å². The predicted octanol–water partition coefficient (Wildman–Crippen LogP) is 0.439. The van der Waals surface area contributed by atoms with Crippen molar-refractivity contribution in [2.45, 2.75) is 44.9 Å². The molecule has 14 heavy (non-hydrogen) atoms. The van der Waals surface area contributed by atoms with Crippen molar-refractivity contribution in [3.63, 3.8) is 0 Å². The second kappa shape index (κ2) is 4.17. The van der Waals surface area contributed by atoms with E-state index in [-0.39, 0.29) is 6.10 Å². The van der Waals surface area contributed by atoms with Gasteiger partial charge in [0, 0.05) is 25.2 Å². The molecule has 0 amide bonds. The van der Waals surface area contributed by atoms with Gasteiger partial charge in [0.05, 0.1) is 6.10 Å². The summed E-state index contributed by atoms with van der Waals surface area (Å²) in [5.41, 5.74) is 0. The van der Waals surface area contributed by atoms with Crippen LogP contribution in [0.2, 0.25) is 0 Å². The van der Waals surface area contributed by atoms with Gasteiger partial charge < -0.3 is 10.4 Å². The Labute approximate surface area is 86.5 Å². The average molecular weight is 198 g/mol. The number of rotatable bonds is 2. The molecule has 2 unspecified atom stereocenters. The molecule has 3 nitrogen and oxygen atoms in total. The standard InChI is InChI=1S/C11H22N2O/c1-3-9-8(2)4-5-13(9)10-6-12-7-11(10)14/h8-12,14H,3-7H2,1-2H3/t8?,9?,10-,11-/m1/s1. The monoisotopic (exact) mass is 198 g/mol. The fourth-order valence-electron chi connectivity index (χ4n) is 3.08. The number of hydrogen-bond donors (Lipinski definition) is 2. The van der Waals surface area contributed by atoms with Crippen LogP contribution in [-0.4, -0.2) is 47.8 Å². The SMILES string of the molecule is CCC1C(C)CCN1[C@@H]1CNC[C@H]1O. The van der Waals surface area contributed by atoms with Crippen molar-refractivity contribution in [3.05, 3.63) is 0 Å². The van der Waals surface area contributed by atoms with E-state index in [4.69, 9.17) is 0 Å². The Morgan fingerprint density at radius 2 is 2.21 bits per heavy atom. The molecule has 2 heterocycles. The third-order valence-electron chi connectivity index (χ3n) is 3.92. The van der Waals surface area contributed by atoms with Crippen molar-refractivity contribution in [1.29, 1.82) is 0 Å². The van der Waals surface area contributed by atoms with Crippen molar-refractivity contribution in [1.82, 2.24) is 10.2 Å². The van der Waals surface area contributed by atoms with Gasteiger partial charge in [0.2, 0.25) is 0 Å². The molecule has 2 aliphatic heterocycles. The Morgan fingerprint density at radius 1 is 1.43 bits per heavy atom. The summed E-state index contributed by atoms with van der Waals surface area (Å²) in [5, 5.41) is 13.1. The smallest absolute Gasteiger partial charge is 0.0831 e. The second-order valence-electron chi connectivity index (χ2n) is 4.77. The van der Waals surface area contributed by atoms with Gasteiger partial charge in [-0.05, 0) is 25.3 Å². The molecule has 2 N–H and O–H groups in total. The minimum atomic E-state index is -0.158. The first-order valence-electron chi connectivity index (χ1n) is 5.88. The molecule has 0 saturated carbocycles. The fourth-order valence-corrected chi connectivity index (χ4v) is 3.08. The molecule has 2 saturated heterocycles. The summed E-state index contributed by atoms with van der Waals surface area (Å²) >= 11 is 0. The highest BCUT2D eigenvalue weighted by atomic mass is 16.3. The quantitative estimate of drug-likeness (QED) is 0.676. The lowest BCUT2D eigenvalue weighted by molar-refractivity contribution is 0.0683. The lowest BCUT2D eigenvalue weighted by atomic mass is 10.00. The van der Waals surface area contributed by atoms with Crippen LogP contribution in [0.25, 0.3) is 0 Å². The second-order valence-corrected chi connectivity index (χ2v) is 4.77. The predicted molar refractivity (Wildman–Crippen MR) is 57.2 cm³/mol. The molecule has 4 atom stereocenters. The van der Waals surface area contributed by atoms with Gasteiger partial charge in [0.1, 0.15) is 0 Å². The number of hydrogen-bond acceptors (Lipinski definition) is 3. The summed E-state index contributed by atoms with van der Waals surface area (Å²) in [6, 6.07) is 1.06. The summed E-state index contributed by atoms with van der Waals surface area (Å²) < 4.78 is 0. The Morgan fingerprint density at radius 3 is 2.79 bits per heavy atom. The first-order chi connectivity index (χ1) is 6.74. The molecular weight excluding hydrogens is 176 g/mol. The Kier molecular flexibility index (Phi) is 3.10. The maximum absolute atomic E-state index is 9.84. The molecule has 0 aromatic rings. The van der Waals surface area contributed by atoms with E-state index >= 15 is 0 Å². The van der Waals surface area contributed by atoms with Crippen molar-refractivity contribution in [3.8, 4) is 0 Å². The molecule has 0 radical (unpaired) electrons. The fraction of sp³-hybridized carbons (Fsp3) is 1.00. The largest absolute Gasteiger partial charge is 0.390 e. The summed E-state index contributed by atoms with van der Waals surface area (Å²) in [5.74, 6) is 0.799. The highest BCUT2D eigenvalue weighted by Crippen LogP contribution is 2.29. The molecule has 2 aliphatic rings. The van der Waals surface area contributed by atoms with Crippen LogP contribution in [0, 0.1) is 5.92 Å². The van der Waals surface area contributed by atoms with Crippen molar-refractivity contribution < 1.29 is 5.11 Å². The third-order valence-corrected chi connectivity index (χ3v) is 3.92. The molecule has 0 spiro atoms. The summed E-state index contributed by atoms with van der Waals surface area (Å²) in [6.45, 7) is 7.50. The summed E-state index contributed by atoms with van der Waals surface area (Å²) in [4.78, 5) is 2.52. The van der Waals surface area contributed by atoms with Crippen LogP contribution in [0.1, 0.15) is 26.7 Å². The zero-order chi connectivity index (χ0) is 10.1.